The van der Waals surface area contributed by atoms with Crippen LogP contribution >= 0.6 is 0 Å². The fraction of sp³-hybridized carbons (Fsp3) is 0. The second-order valence-electron chi connectivity index (χ2n) is 0. The number of hydrogen-bond acceptors (Lipinski definition) is 0. The van der Waals surface area contributed by atoms with E-state index in [0.29, 0.717) is 0 Å². The third kappa shape index (κ3) is 24.2. The van der Waals surface area contributed by atoms with Gasteiger partial charge in [0.2, 0.25) is 0 Å². The largest absolute Gasteiger partial charge is 1.00 e. The summed E-state index contributed by atoms with van der Waals surface area (Å²) in [7, 11) is 0. The molecule has 0 rings (SSSR count). The molecular formula is C3H9CeLi-2. The molecule has 0 heterocycles. The zero-order valence-electron chi connectivity index (χ0n) is 4.50. The second kappa shape index (κ2) is 37.9. The van der Waals surface area contributed by atoms with Gasteiger partial charge in [0.25, 0.3) is 0 Å². The molecule has 5 heavy (non-hydrogen) atoms. The Morgan fingerprint density at radius 3 is 0.600 bits per heavy atom. The van der Waals surface area contributed by atoms with Crippen LogP contribution in [0, 0.1) is 64.0 Å². The van der Waals surface area contributed by atoms with E-state index >= 15 is 0 Å². The van der Waals surface area contributed by atoms with Gasteiger partial charge in [0.1, 0.15) is 0 Å². The molecule has 0 fully saturated rings. The smallest absolute Gasteiger partial charge is 0.358 e. The van der Waals surface area contributed by atoms with Crippen molar-refractivity contribution in [2.45, 2.75) is 0 Å². The standard InChI is InChI=1S/3CH3.Ce.Li/h3*1H3;;/q3*-1;;+1. The Labute approximate surface area is 81.7 Å². The molecule has 0 saturated heterocycles. The normalized spacial score (nSPS) is 0. The van der Waals surface area contributed by atoms with Crippen molar-refractivity contribution >= 4 is 0 Å². The molecular weight excluding hydrogens is 183 g/mol. The maximum Gasteiger partial charge on any atom is 1.00 e. The predicted octanol–water partition coefficient (Wildman–Crippen LogP) is -1.65. The molecule has 0 nitrogen and oxygen atoms in total. The molecule has 0 amide bonds. The Kier molecular flexibility index (Phi) is 485. The van der Waals surface area contributed by atoms with Crippen LogP contribution in [0.25, 0.3) is 0 Å². The molecule has 0 aromatic rings. The van der Waals surface area contributed by atoms with Crippen LogP contribution in [0.2, 0.25) is 0 Å². The monoisotopic (exact) mass is 192 g/mol. The van der Waals surface area contributed by atoms with Crippen molar-refractivity contribution < 1.29 is 60.6 Å². The van der Waals surface area contributed by atoms with Crippen LogP contribution in [0.1, 0.15) is 0 Å². The van der Waals surface area contributed by atoms with Crippen molar-refractivity contribution in [1.29, 1.82) is 0 Å². The van der Waals surface area contributed by atoms with Crippen LogP contribution in [0.3, 0.4) is 0 Å². The summed E-state index contributed by atoms with van der Waals surface area (Å²) in [5, 5.41) is 0. The Morgan fingerprint density at radius 2 is 0.600 bits per heavy atom. The van der Waals surface area contributed by atoms with Crippen molar-refractivity contribution in [3.8, 4) is 0 Å². The van der Waals surface area contributed by atoms with Gasteiger partial charge in [-0.2, -0.15) is 0 Å². The average molecular weight is 192 g/mol. The second-order valence-corrected chi connectivity index (χ2v) is 0. The van der Waals surface area contributed by atoms with Crippen molar-refractivity contribution in [2.24, 2.45) is 0 Å². The Bertz CT molecular complexity index is 6.85. The molecule has 0 aromatic heterocycles. The number of rotatable bonds is 0. The van der Waals surface area contributed by atoms with Gasteiger partial charge in [0.15, 0.2) is 0 Å². The SMILES string of the molecule is [CH3-].[CH3-].[CH3-].[Ce].[Li+]. The van der Waals surface area contributed by atoms with E-state index in [-0.39, 0.29) is 82.9 Å². The molecule has 0 aliphatic carbocycles. The van der Waals surface area contributed by atoms with Crippen LogP contribution in [0.5, 0.6) is 0 Å². The maximum atomic E-state index is 0. The van der Waals surface area contributed by atoms with Crippen LogP contribution < -0.4 is 18.9 Å². The van der Waals surface area contributed by atoms with Gasteiger partial charge in [-0.25, -0.2) is 0 Å². The van der Waals surface area contributed by atoms with Crippen molar-refractivity contribution in [3.63, 3.8) is 0 Å². The quantitative estimate of drug-likeness (QED) is 0.319. The van der Waals surface area contributed by atoms with E-state index in [9.17, 15) is 0 Å². The topological polar surface area (TPSA) is 0 Å². The summed E-state index contributed by atoms with van der Waals surface area (Å²) in [4.78, 5) is 0. The summed E-state index contributed by atoms with van der Waals surface area (Å²) in [5.41, 5.74) is 0. The van der Waals surface area contributed by atoms with E-state index < -0.39 is 0 Å². The van der Waals surface area contributed by atoms with E-state index in [1.165, 1.54) is 0 Å². The summed E-state index contributed by atoms with van der Waals surface area (Å²) in [6.07, 6.45) is 0. The van der Waals surface area contributed by atoms with Gasteiger partial charge in [-0.05, 0) is 0 Å². The molecule has 28 valence electrons. The van der Waals surface area contributed by atoms with E-state index in [0.717, 1.165) is 0 Å². The van der Waals surface area contributed by atoms with E-state index in [4.69, 9.17) is 0 Å². The van der Waals surface area contributed by atoms with Crippen LogP contribution in [-0.2, 0) is 0 Å². The first-order valence-electron chi connectivity index (χ1n) is 0. The molecule has 0 N–H and O–H groups in total. The summed E-state index contributed by atoms with van der Waals surface area (Å²) < 4.78 is 0. The van der Waals surface area contributed by atoms with E-state index in [2.05, 4.69) is 0 Å². The van der Waals surface area contributed by atoms with Crippen molar-refractivity contribution in [1.82, 2.24) is 0 Å². The summed E-state index contributed by atoms with van der Waals surface area (Å²) in [6.45, 7) is 0. The first-order valence-corrected chi connectivity index (χ1v) is 0. The van der Waals surface area contributed by atoms with Gasteiger partial charge >= 0.3 is 18.9 Å². The maximum absolute atomic E-state index is 0. The molecule has 0 bridgehead atoms. The molecule has 0 radical (unpaired) electrons. The third-order valence-electron chi connectivity index (χ3n) is 0. The number of hydrogen-bond donors (Lipinski definition) is 0. The molecule has 0 unspecified atom stereocenters. The molecule has 0 saturated carbocycles. The molecule has 0 spiro atoms. The minimum absolute atomic E-state index is 0. The van der Waals surface area contributed by atoms with Crippen LogP contribution in [-0.4, -0.2) is 0 Å². The van der Waals surface area contributed by atoms with Gasteiger partial charge < -0.3 is 22.3 Å². The Balaban J connectivity index is 0. The zero-order chi connectivity index (χ0) is 0. The molecule has 0 aromatic carbocycles. The van der Waals surface area contributed by atoms with E-state index in [1.54, 1.807) is 0 Å². The van der Waals surface area contributed by atoms with Crippen LogP contribution in [0.4, 0.5) is 0 Å². The van der Waals surface area contributed by atoms with Crippen molar-refractivity contribution in [3.05, 3.63) is 22.3 Å². The minimum atomic E-state index is 0. The zero-order valence-corrected chi connectivity index (χ0v) is 7.64. The minimum Gasteiger partial charge on any atom is -0.358 e. The summed E-state index contributed by atoms with van der Waals surface area (Å²) >= 11 is 0. The van der Waals surface area contributed by atoms with E-state index in [1.807, 2.05) is 0 Å². The van der Waals surface area contributed by atoms with Gasteiger partial charge in [-0.15, -0.1) is 0 Å². The fourth-order valence-electron chi connectivity index (χ4n) is 0. The van der Waals surface area contributed by atoms with Gasteiger partial charge in [0, 0.05) is 41.7 Å². The first kappa shape index (κ1) is 63.9. The fourth-order valence-corrected chi connectivity index (χ4v) is 0. The average Bonchev–Trinajstić information content (AvgIpc) is 0. The molecule has 0 atom stereocenters. The molecule has 0 aliphatic rings. The summed E-state index contributed by atoms with van der Waals surface area (Å²) in [5.74, 6) is 0. The van der Waals surface area contributed by atoms with Gasteiger partial charge in [-0.3, -0.25) is 0 Å². The summed E-state index contributed by atoms with van der Waals surface area (Å²) in [6, 6.07) is 0. The molecule has 2 heteroatoms. The third-order valence-corrected chi connectivity index (χ3v) is 0. The van der Waals surface area contributed by atoms with Gasteiger partial charge in [-0.1, -0.05) is 0 Å². The predicted molar refractivity (Wildman–Crippen MR) is 19.2 cm³/mol. The Hall–Kier alpha value is 1.97. The first-order chi connectivity index (χ1) is 0. The van der Waals surface area contributed by atoms with Crippen molar-refractivity contribution in [2.75, 3.05) is 0 Å². The Morgan fingerprint density at radius 1 is 0.600 bits per heavy atom. The molecule has 0 aliphatic heterocycles. The van der Waals surface area contributed by atoms with Crippen LogP contribution in [0.15, 0.2) is 0 Å². The van der Waals surface area contributed by atoms with Gasteiger partial charge in [0.05, 0.1) is 0 Å².